The molecule has 6 heteroatoms. The Morgan fingerprint density at radius 1 is 1.21 bits per heavy atom. The van der Waals surface area contributed by atoms with Crippen LogP contribution in [0.2, 0.25) is 0 Å². The van der Waals surface area contributed by atoms with Crippen LogP contribution in [0.4, 0.5) is 4.39 Å². The smallest absolute Gasteiger partial charge is 0.231 e. The molecule has 0 saturated carbocycles. The molecule has 1 fully saturated rings. The highest BCUT2D eigenvalue weighted by Crippen LogP contribution is 2.41. The van der Waals surface area contributed by atoms with Crippen LogP contribution in [0.3, 0.4) is 0 Å². The summed E-state index contributed by atoms with van der Waals surface area (Å²) in [6.45, 7) is 12.1. The molecule has 1 saturated heterocycles. The number of fused-ring (bicyclic) bond motifs is 1. The summed E-state index contributed by atoms with van der Waals surface area (Å²) in [7, 11) is 0. The van der Waals surface area contributed by atoms with Gasteiger partial charge >= 0.3 is 0 Å². The van der Waals surface area contributed by atoms with Crippen LogP contribution < -0.4 is 9.47 Å². The molecule has 2 heterocycles. The average Bonchev–Trinajstić information content (AvgIpc) is 3.28. The molecular formula is C27H31FN2O3. The second-order valence-electron chi connectivity index (χ2n) is 9.16. The van der Waals surface area contributed by atoms with Gasteiger partial charge in [0.15, 0.2) is 17.3 Å². The fraction of sp³-hybridized carbons (Fsp3) is 0.407. The van der Waals surface area contributed by atoms with E-state index in [4.69, 9.17) is 14.5 Å². The van der Waals surface area contributed by atoms with E-state index in [2.05, 4.69) is 32.3 Å². The minimum Gasteiger partial charge on any atom is -0.454 e. The van der Waals surface area contributed by atoms with Crippen molar-refractivity contribution < 1.29 is 18.7 Å². The Bertz CT molecular complexity index is 1080. The molecule has 0 aromatic heterocycles. The van der Waals surface area contributed by atoms with Crippen LogP contribution in [-0.2, 0) is 6.42 Å². The van der Waals surface area contributed by atoms with E-state index < -0.39 is 5.41 Å². The molecule has 5 nitrogen and oxygen atoms in total. The molecule has 33 heavy (non-hydrogen) atoms. The number of piperidine rings is 1. The number of benzene rings is 2. The van der Waals surface area contributed by atoms with Crippen molar-refractivity contribution in [1.82, 2.24) is 4.90 Å². The third-order valence-corrected chi connectivity index (χ3v) is 6.93. The zero-order valence-corrected chi connectivity index (χ0v) is 19.6. The van der Waals surface area contributed by atoms with Gasteiger partial charge in [-0.25, -0.2) is 9.38 Å². The molecule has 0 spiro atoms. The standard InChI is InChI=1S/C27H31FN2O3/c1-5-25(29-19(3)14-20-6-9-22(28)10-7-20)30-13-12-27(4,18(2)16-30)26(31)21-8-11-23-24(15-21)33-17-32-23/h6-11,15,18H,3,5,12-14,16-17H2,1-2,4H3. The molecule has 2 aromatic rings. The number of nitrogens with zero attached hydrogens (tertiary/aromatic N) is 2. The number of hydrogen-bond acceptors (Lipinski definition) is 4. The summed E-state index contributed by atoms with van der Waals surface area (Å²) in [6, 6.07) is 11.9. The molecule has 2 atom stereocenters. The summed E-state index contributed by atoms with van der Waals surface area (Å²) in [6.07, 6.45) is 2.10. The maximum Gasteiger partial charge on any atom is 0.231 e. The Morgan fingerprint density at radius 2 is 1.94 bits per heavy atom. The van der Waals surface area contributed by atoms with E-state index in [-0.39, 0.29) is 24.3 Å². The average molecular weight is 451 g/mol. The first-order valence-corrected chi connectivity index (χ1v) is 11.5. The van der Waals surface area contributed by atoms with Crippen molar-refractivity contribution in [2.24, 2.45) is 16.3 Å². The summed E-state index contributed by atoms with van der Waals surface area (Å²) in [4.78, 5) is 20.6. The van der Waals surface area contributed by atoms with Gasteiger partial charge in [-0.2, -0.15) is 0 Å². The third-order valence-electron chi connectivity index (χ3n) is 6.93. The first-order valence-electron chi connectivity index (χ1n) is 11.5. The summed E-state index contributed by atoms with van der Waals surface area (Å²) in [5, 5.41) is 0. The van der Waals surface area contributed by atoms with Crippen molar-refractivity contribution >= 4 is 11.6 Å². The number of likely N-dealkylation sites (tertiary alicyclic amines) is 1. The molecular weight excluding hydrogens is 419 g/mol. The first-order chi connectivity index (χ1) is 15.8. The molecule has 174 valence electrons. The number of amidine groups is 1. The zero-order chi connectivity index (χ0) is 23.6. The number of ether oxygens (including phenoxy) is 2. The van der Waals surface area contributed by atoms with E-state index in [9.17, 15) is 9.18 Å². The van der Waals surface area contributed by atoms with Crippen molar-refractivity contribution in [2.45, 2.75) is 40.0 Å². The molecule has 4 rings (SSSR count). The highest BCUT2D eigenvalue weighted by atomic mass is 19.1. The van der Waals surface area contributed by atoms with Gasteiger partial charge in [0, 0.05) is 42.6 Å². The van der Waals surface area contributed by atoms with E-state index >= 15 is 0 Å². The quantitative estimate of drug-likeness (QED) is 0.324. The highest BCUT2D eigenvalue weighted by molar-refractivity contribution is 6.01. The molecule has 0 radical (unpaired) electrons. The van der Waals surface area contributed by atoms with E-state index in [0.717, 1.165) is 43.0 Å². The Morgan fingerprint density at radius 3 is 2.64 bits per heavy atom. The van der Waals surface area contributed by atoms with Gasteiger partial charge in [0.1, 0.15) is 11.7 Å². The van der Waals surface area contributed by atoms with Crippen LogP contribution in [0.1, 0.15) is 49.5 Å². The molecule has 0 N–H and O–H groups in total. The number of carbonyl (C=O) groups excluding carboxylic acids is 1. The number of carbonyl (C=O) groups is 1. The molecule has 0 amide bonds. The lowest BCUT2D eigenvalue weighted by Crippen LogP contribution is -2.50. The van der Waals surface area contributed by atoms with Gasteiger partial charge in [0.05, 0.1) is 0 Å². The van der Waals surface area contributed by atoms with Crippen LogP contribution in [0.15, 0.2) is 59.7 Å². The predicted octanol–water partition coefficient (Wildman–Crippen LogP) is 5.65. The van der Waals surface area contributed by atoms with Crippen LogP contribution in [-0.4, -0.2) is 36.4 Å². The van der Waals surface area contributed by atoms with E-state index in [1.165, 1.54) is 12.1 Å². The van der Waals surface area contributed by atoms with Crippen LogP contribution in [0.25, 0.3) is 0 Å². The lowest BCUT2D eigenvalue weighted by molar-refractivity contribution is 0.0542. The van der Waals surface area contributed by atoms with Crippen molar-refractivity contribution in [2.75, 3.05) is 19.9 Å². The highest BCUT2D eigenvalue weighted by Gasteiger charge is 2.43. The molecule has 0 bridgehead atoms. The van der Waals surface area contributed by atoms with Gasteiger partial charge in [-0.1, -0.05) is 39.5 Å². The summed E-state index contributed by atoms with van der Waals surface area (Å²) in [5.41, 5.74) is 1.93. The number of Topliss-reactive ketones (excluding diaryl/α,β-unsaturated/α-hetero) is 1. The van der Waals surface area contributed by atoms with Gasteiger partial charge in [-0.3, -0.25) is 4.79 Å². The predicted molar refractivity (Wildman–Crippen MR) is 127 cm³/mol. The van der Waals surface area contributed by atoms with Gasteiger partial charge in [-0.15, -0.1) is 0 Å². The lowest BCUT2D eigenvalue weighted by atomic mass is 9.68. The summed E-state index contributed by atoms with van der Waals surface area (Å²) < 4.78 is 24.0. The molecule has 2 aliphatic rings. The Hall–Kier alpha value is -3.15. The van der Waals surface area contributed by atoms with E-state index in [1.54, 1.807) is 18.2 Å². The fourth-order valence-electron chi connectivity index (χ4n) is 4.61. The van der Waals surface area contributed by atoms with Gasteiger partial charge in [-0.05, 0) is 48.2 Å². The number of rotatable bonds is 6. The van der Waals surface area contributed by atoms with Crippen molar-refractivity contribution in [3.63, 3.8) is 0 Å². The Balaban J connectivity index is 1.44. The summed E-state index contributed by atoms with van der Waals surface area (Å²) >= 11 is 0. The minimum absolute atomic E-state index is 0.142. The Labute approximate surface area is 194 Å². The molecule has 2 aromatic carbocycles. The summed E-state index contributed by atoms with van der Waals surface area (Å²) in [5.74, 6) is 2.34. The number of halogens is 1. The number of ketones is 1. The maximum atomic E-state index is 13.5. The van der Waals surface area contributed by atoms with E-state index in [1.807, 2.05) is 12.1 Å². The minimum atomic E-state index is -0.464. The first kappa shape index (κ1) is 23.0. The SMILES string of the molecule is C=C(Cc1ccc(F)cc1)N=C(CC)N1CCC(C)(C(=O)c2ccc3c(c2)OCO3)C(C)C1. The number of allylic oxidation sites excluding steroid dienone is 1. The zero-order valence-electron chi connectivity index (χ0n) is 19.6. The second kappa shape index (κ2) is 9.38. The maximum absolute atomic E-state index is 13.5. The van der Waals surface area contributed by atoms with Crippen LogP contribution in [0.5, 0.6) is 11.5 Å². The normalized spacial score (nSPS) is 22.4. The van der Waals surface area contributed by atoms with Crippen LogP contribution >= 0.6 is 0 Å². The van der Waals surface area contributed by atoms with Gasteiger partial charge in [0.2, 0.25) is 6.79 Å². The largest absolute Gasteiger partial charge is 0.454 e. The van der Waals surface area contributed by atoms with Crippen molar-refractivity contribution in [1.29, 1.82) is 0 Å². The number of aliphatic imine (C=N–C) groups is 1. The monoisotopic (exact) mass is 450 g/mol. The third kappa shape index (κ3) is 4.80. The molecule has 0 aliphatic carbocycles. The molecule has 2 aliphatic heterocycles. The fourth-order valence-corrected chi connectivity index (χ4v) is 4.61. The van der Waals surface area contributed by atoms with Crippen molar-refractivity contribution in [3.8, 4) is 11.5 Å². The van der Waals surface area contributed by atoms with E-state index in [0.29, 0.717) is 23.5 Å². The van der Waals surface area contributed by atoms with Crippen LogP contribution in [0, 0.1) is 17.2 Å². The molecule has 2 unspecified atom stereocenters. The lowest BCUT2D eigenvalue weighted by Gasteiger charge is -2.44. The van der Waals surface area contributed by atoms with Gasteiger partial charge < -0.3 is 14.4 Å². The Kier molecular flexibility index (Phi) is 6.54. The second-order valence-corrected chi connectivity index (χ2v) is 9.16. The van der Waals surface area contributed by atoms with Gasteiger partial charge in [0.25, 0.3) is 0 Å². The number of hydrogen-bond donors (Lipinski definition) is 0. The topological polar surface area (TPSA) is 51.1 Å². The van der Waals surface area contributed by atoms with Crippen molar-refractivity contribution in [3.05, 3.63) is 71.7 Å².